The summed E-state index contributed by atoms with van der Waals surface area (Å²) in [6.07, 6.45) is 1.45. The number of esters is 1. The Morgan fingerprint density at radius 1 is 1.09 bits per heavy atom. The van der Waals surface area contributed by atoms with Gasteiger partial charge in [0.15, 0.2) is 11.5 Å². The highest BCUT2D eigenvalue weighted by molar-refractivity contribution is 14.1. The lowest BCUT2D eigenvalue weighted by molar-refractivity contribution is 0.0726. The summed E-state index contributed by atoms with van der Waals surface area (Å²) in [6.45, 7) is 2.17. The zero-order valence-corrected chi connectivity index (χ0v) is 21.8. The second-order valence-corrected chi connectivity index (χ2v) is 8.71. The van der Waals surface area contributed by atoms with Crippen molar-refractivity contribution in [2.24, 2.45) is 5.10 Å². The van der Waals surface area contributed by atoms with Crippen LogP contribution in [0.15, 0.2) is 59.7 Å². The molecule has 0 heterocycles. The van der Waals surface area contributed by atoms with Crippen LogP contribution in [0, 0.1) is 3.57 Å². The normalized spacial score (nSPS) is 10.7. The molecule has 34 heavy (non-hydrogen) atoms. The summed E-state index contributed by atoms with van der Waals surface area (Å²) in [5.41, 5.74) is 3.66. The van der Waals surface area contributed by atoms with E-state index < -0.39 is 11.9 Å². The second kappa shape index (κ2) is 12.0. The molecule has 1 N–H and O–H groups in total. The van der Waals surface area contributed by atoms with Crippen LogP contribution in [-0.2, 0) is 0 Å². The molecule has 0 saturated heterocycles. The monoisotopic (exact) mass is 612 g/mol. The minimum absolute atomic E-state index is 0.219. The van der Waals surface area contributed by atoms with Gasteiger partial charge in [-0.15, -0.1) is 0 Å². The molecule has 0 aliphatic rings. The number of rotatable bonds is 8. The molecule has 3 aromatic carbocycles. The Kier molecular flexibility index (Phi) is 9.14. The van der Waals surface area contributed by atoms with Gasteiger partial charge in [-0.25, -0.2) is 10.2 Å². The number of halogens is 3. The van der Waals surface area contributed by atoms with Gasteiger partial charge in [0.25, 0.3) is 5.91 Å². The third-order valence-corrected chi connectivity index (χ3v) is 5.76. The van der Waals surface area contributed by atoms with E-state index in [-0.39, 0.29) is 16.3 Å². The third-order valence-electron chi connectivity index (χ3n) is 4.41. The van der Waals surface area contributed by atoms with Crippen LogP contribution in [0.25, 0.3) is 0 Å². The molecule has 0 spiro atoms. The van der Waals surface area contributed by atoms with Gasteiger partial charge in [0, 0.05) is 5.02 Å². The van der Waals surface area contributed by atoms with Gasteiger partial charge in [0.05, 0.1) is 39.7 Å². The van der Waals surface area contributed by atoms with Gasteiger partial charge in [-0.3, -0.25) is 4.79 Å². The summed E-state index contributed by atoms with van der Waals surface area (Å²) in [6, 6.07) is 14.5. The molecule has 0 radical (unpaired) electrons. The second-order valence-electron chi connectivity index (χ2n) is 6.70. The van der Waals surface area contributed by atoms with Crippen molar-refractivity contribution < 1.29 is 23.8 Å². The van der Waals surface area contributed by atoms with Gasteiger partial charge in [0.1, 0.15) is 5.75 Å². The lowest BCUT2D eigenvalue weighted by atomic mass is 10.2. The molecule has 1 amide bonds. The quantitative estimate of drug-likeness (QED) is 0.111. The first kappa shape index (κ1) is 25.8. The van der Waals surface area contributed by atoms with Crippen LogP contribution in [0.5, 0.6) is 17.2 Å². The SMILES string of the molecule is CCOc1cc(/C=N\NC(=O)c2ccc(Cl)cc2Cl)cc(I)c1OC(=O)c1ccc(OC)cc1. The number of hydrogen-bond acceptors (Lipinski definition) is 6. The van der Waals surface area contributed by atoms with E-state index in [0.717, 1.165) is 0 Å². The van der Waals surface area contributed by atoms with E-state index in [2.05, 4.69) is 10.5 Å². The Morgan fingerprint density at radius 2 is 1.82 bits per heavy atom. The largest absolute Gasteiger partial charge is 0.497 e. The summed E-state index contributed by atoms with van der Waals surface area (Å²) >= 11 is 14.0. The molecule has 176 valence electrons. The van der Waals surface area contributed by atoms with Crippen molar-refractivity contribution in [3.8, 4) is 17.2 Å². The molecule has 0 fully saturated rings. The van der Waals surface area contributed by atoms with Crippen molar-refractivity contribution >= 4 is 63.9 Å². The summed E-state index contributed by atoms with van der Waals surface area (Å²) in [5.74, 6) is 0.273. The van der Waals surface area contributed by atoms with E-state index in [0.29, 0.717) is 37.8 Å². The molecule has 0 saturated carbocycles. The van der Waals surface area contributed by atoms with Crippen LogP contribution in [0.2, 0.25) is 10.0 Å². The van der Waals surface area contributed by atoms with Crippen molar-refractivity contribution in [2.75, 3.05) is 13.7 Å². The average Bonchev–Trinajstić information content (AvgIpc) is 2.81. The van der Waals surface area contributed by atoms with Crippen LogP contribution in [0.1, 0.15) is 33.2 Å². The van der Waals surface area contributed by atoms with Gasteiger partial charge in [0.2, 0.25) is 0 Å². The Labute approximate surface area is 220 Å². The molecule has 0 atom stereocenters. The highest BCUT2D eigenvalue weighted by Gasteiger charge is 2.17. The van der Waals surface area contributed by atoms with E-state index in [1.807, 2.05) is 29.5 Å². The number of ether oxygens (including phenoxy) is 3. The van der Waals surface area contributed by atoms with Crippen molar-refractivity contribution in [1.29, 1.82) is 0 Å². The highest BCUT2D eigenvalue weighted by Crippen LogP contribution is 2.34. The van der Waals surface area contributed by atoms with Crippen molar-refractivity contribution in [3.63, 3.8) is 0 Å². The predicted molar refractivity (Wildman–Crippen MR) is 140 cm³/mol. The van der Waals surface area contributed by atoms with Crippen molar-refractivity contribution in [1.82, 2.24) is 5.43 Å². The van der Waals surface area contributed by atoms with E-state index in [9.17, 15) is 9.59 Å². The van der Waals surface area contributed by atoms with E-state index in [1.165, 1.54) is 18.3 Å². The van der Waals surface area contributed by atoms with E-state index in [1.54, 1.807) is 49.6 Å². The van der Waals surface area contributed by atoms with Crippen molar-refractivity contribution in [2.45, 2.75) is 6.92 Å². The fourth-order valence-electron chi connectivity index (χ4n) is 2.80. The van der Waals surface area contributed by atoms with Crippen LogP contribution in [0.3, 0.4) is 0 Å². The fraction of sp³-hybridized carbons (Fsp3) is 0.125. The zero-order valence-electron chi connectivity index (χ0n) is 18.1. The molecule has 3 aromatic rings. The molecule has 0 aliphatic carbocycles. The predicted octanol–water partition coefficient (Wildman–Crippen LogP) is 5.99. The van der Waals surface area contributed by atoms with Gasteiger partial charge in [-0.05, 0) is 89.7 Å². The lowest BCUT2D eigenvalue weighted by Gasteiger charge is -2.13. The zero-order chi connectivity index (χ0) is 24.7. The summed E-state index contributed by atoms with van der Waals surface area (Å²) in [7, 11) is 1.55. The molecule has 7 nitrogen and oxygen atoms in total. The lowest BCUT2D eigenvalue weighted by Crippen LogP contribution is -2.18. The average molecular weight is 613 g/mol. The van der Waals surface area contributed by atoms with E-state index >= 15 is 0 Å². The number of carbonyl (C=O) groups excluding carboxylic acids is 2. The number of carbonyl (C=O) groups is 2. The Hall–Kier alpha value is -2.82. The maximum atomic E-state index is 12.6. The van der Waals surface area contributed by atoms with Crippen LogP contribution in [-0.4, -0.2) is 31.8 Å². The Balaban J connectivity index is 1.77. The molecule has 3 rings (SSSR count). The smallest absolute Gasteiger partial charge is 0.343 e. The van der Waals surface area contributed by atoms with Crippen LogP contribution >= 0.6 is 45.8 Å². The summed E-state index contributed by atoms with van der Waals surface area (Å²) < 4.78 is 17.0. The standard InChI is InChI=1S/C24H19Cl2IN2O5/c1-3-33-21-11-14(13-28-29-23(30)18-9-6-16(25)12-19(18)26)10-20(27)22(21)34-24(31)15-4-7-17(32-2)8-5-15/h4-13H,3H2,1-2H3,(H,29,30)/b28-13-. The highest BCUT2D eigenvalue weighted by atomic mass is 127. The first-order valence-corrected chi connectivity index (χ1v) is 11.8. The first-order chi connectivity index (χ1) is 16.3. The molecular formula is C24H19Cl2IN2O5. The van der Waals surface area contributed by atoms with Gasteiger partial charge >= 0.3 is 5.97 Å². The van der Waals surface area contributed by atoms with Gasteiger partial charge in [-0.2, -0.15) is 5.10 Å². The number of hydrogen-bond donors (Lipinski definition) is 1. The minimum atomic E-state index is -0.532. The fourth-order valence-corrected chi connectivity index (χ4v) is 4.03. The van der Waals surface area contributed by atoms with Crippen molar-refractivity contribution in [3.05, 3.63) is 84.9 Å². The third kappa shape index (κ3) is 6.62. The maximum absolute atomic E-state index is 12.6. The Bertz CT molecular complexity index is 1230. The number of amides is 1. The number of nitrogens with zero attached hydrogens (tertiary/aromatic N) is 1. The minimum Gasteiger partial charge on any atom is -0.497 e. The topological polar surface area (TPSA) is 86.2 Å². The van der Waals surface area contributed by atoms with E-state index in [4.69, 9.17) is 37.4 Å². The molecular weight excluding hydrogens is 594 g/mol. The van der Waals surface area contributed by atoms with Gasteiger partial charge in [-0.1, -0.05) is 23.2 Å². The number of nitrogens with one attached hydrogen (secondary N) is 1. The number of benzene rings is 3. The Morgan fingerprint density at radius 3 is 2.47 bits per heavy atom. The molecule has 0 bridgehead atoms. The number of methoxy groups -OCH3 is 1. The van der Waals surface area contributed by atoms with Crippen LogP contribution < -0.4 is 19.6 Å². The molecule has 0 aromatic heterocycles. The molecule has 10 heteroatoms. The maximum Gasteiger partial charge on any atom is 0.343 e. The van der Waals surface area contributed by atoms with Crippen LogP contribution in [0.4, 0.5) is 0 Å². The molecule has 0 aliphatic heterocycles. The van der Waals surface area contributed by atoms with Gasteiger partial charge < -0.3 is 14.2 Å². The summed E-state index contributed by atoms with van der Waals surface area (Å²) in [5, 5.41) is 4.63. The number of hydrazone groups is 1. The molecule has 0 unspecified atom stereocenters. The summed E-state index contributed by atoms with van der Waals surface area (Å²) in [4.78, 5) is 24.9. The first-order valence-electron chi connectivity index (χ1n) is 9.93.